The molecule has 0 unspecified atom stereocenters. The minimum absolute atomic E-state index is 0.0355. The SMILES string of the molecule is CC[C@@H](N)c1cc(Br)c(F)c(F)c1O. The molecule has 14 heavy (non-hydrogen) atoms. The predicted molar refractivity (Wildman–Crippen MR) is 52.9 cm³/mol. The molecule has 0 aliphatic rings. The van der Waals surface area contributed by atoms with E-state index in [9.17, 15) is 13.9 Å². The fourth-order valence-electron chi connectivity index (χ4n) is 1.11. The molecule has 1 aromatic rings. The molecule has 1 atom stereocenters. The van der Waals surface area contributed by atoms with E-state index >= 15 is 0 Å². The maximum atomic E-state index is 13.0. The number of hydrogen-bond donors (Lipinski definition) is 2. The van der Waals surface area contributed by atoms with Gasteiger partial charge in [-0.05, 0) is 28.4 Å². The standard InChI is InChI=1S/C9H10BrF2NO/c1-2-6(13)4-3-5(10)7(11)8(12)9(4)14/h3,6,14H,2,13H2,1H3/t6-/m1/s1. The summed E-state index contributed by atoms with van der Waals surface area (Å²) in [6.45, 7) is 1.79. The van der Waals surface area contributed by atoms with Crippen LogP contribution in [0.4, 0.5) is 8.78 Å². The van der Waals surface area contributed by atoms with Crippen molar-refractivity contribution in [2.75, 3.05) is 0 Å². The Morgan fingerprint density at radius 3 is 2.57 bits per heavy atom. The second kappa shape index (κ2) is 4.23. The van der Waals surface area contributed by atoms with Gasteiger partial charge in [0.25, 0.3) is 0 Å². The Hall–Kier alpha value is -0.680. The van der Waals surface area contributed by atoms with Gasteiger partial charge in [-0.3, -0.25) is 0 Å². The molecule has 1 rings (SSSR count). The summed E-state index contributed by atoms with van der Waals surface area (Å²) in [5.41, 5.74) is 5.82. The highest BCUT2D eigenvalue weighted by molar-refractivity contribution is 9.10. The van der Waals surface area contributed by atoms with Crippen molar-refractivity contribution in [2.24, 2.45) is 5.73 Å². The highest BCUT2D eigenvalue weighted by atomic mass is 79.9. The summed E-state index contributed by atoms with van der Waals surface area (Å²) >= 11 is 2.85. The summed E-state index contributed by atoms with van der Waals surface area (Å²) < 4.78 is 25.9. The first kappa shape index (κ1) is 11.4. The molecule has 0 aliphatic carbocycles. The van der Waals surface area contributed by atoms with Crippen molar-refractivity contribution in [3.8, 4) is 5.75 Å². The van der Waals surface area contributed by atoms with Crippen LogP contribution >= 0.6 is 15.9 Å². The monoisotopic (exact) mass is 265 g/mol. The Balaban J connectivity index is 3.33. The number of hydrogen-bond acceptors (Lipinski definition) is 2. The van der Waals surface area contributed by atoms with E-state index in [0.29, 0.717) is 6.42 Å². The molecule has 3 N–H and O–H groups in total. The van der Waals surface area contributed by atoms with E-state index in [2.05, 4.69) is 15.9 Å². The predicted octanol–water partition coefficient (Wildman–Crippen LogP) is 2.84. The minimum atomic E-state index is -1.27. The number of aromatic hydroxyl groups is 1. The van der Waals surface area contributed by atoms with Gasteiger partial charge in [0, 0.05) is 11.6 Å². The van der Waals surface area contributed by atoms with Gasteiger partial charge in [-0.1, -0.05) is 6.92 Å². The number of halogens is 3. The van der Waals surface area contributed by atoms with Crippen LogP contribution in [0.5, 0.6) is 5.75 Å². The van der Waals surface area contributed by atoms with E-state index in [4.69, 9.17) is 5.73 Å². The van der Waals surface area contributed by atoms with Crippen LogP contribution in [0.3, 0.4) is 0 Å². The lowest BCUT2D eigenvalue weighted by molar-refractivity contribution is 0.395. The fourth-order valence-corrected chi connectivity index (χ4v) is 1.53. The first-order valence-electron chi connectivity index (χ1n) is 4.11. The van der Waals surface area contributed by atoms with Crippen molar-refractivity contribution in [3.05, 3.63) is 27.7 Å². The molecule has 1 aromatic carbocycles. The van der Waals surface area contributed by atoms with Crippen molar-refractivity contribution >= 4 is 15.9 Å². The normalized spacial score (nSPS) is 12.9. The van der Waals surface area contributed by atoms with Crippen LogP contribution in [-0.2, 0) is 0 Å². The number of phenols is 1. The Kier molecular flexibility index (Phi) is 3.44. The van der Waals surface area contributed by atoms with Gasteiger partial charge in [0.1, 0.15) is 0 Å². The van der Waals surface area contributed by atoms with E-state index < -0.39 is 23.4 Å². The Morgan fingerprint density at radius 2 is 2.07 bits per heavy atom. The molecule has 2 nitrogen and oxygen atoms in total. The van der Waals surface area contributed by atoms with Crippen LogP contribution in [0.2, 0.25) is 0 Å². The molecule has 0 aromatic heterocycles. The molecular formula is C9H10BrF2NO. The fraction of sp³-hybridized carbons (Fsp3) is 0.333. The zero-order chi connectivity index (χ0) is 10.9. The average molecular weight is 266 g/mol. The van der Waals surface area contributed by atoms with Crippen LogP contribution < -0.4 is 5.73 Å². The lowest BCUT2D eigenvalue weighted by Crippen LogP contribution is -2.10. The van der Waals surface area contributed by atoms with Gasteiger partial charge >= 0.3 is 0 Å². The highest BCUT2D eigenvalue weighted by Gasteiger charge is 2.19. The third kappa shape index (κ3) is 1.88. The second-order valence-corrected chi connectivity index (χ2v) is 3.79. The van der Waals surface area contributed by atoms with Crippen LogP contribution in [-0.4, -0.2) is 5.11 Å². The van der Waals surface area contributed by atoms with Crippen LogP contribution in [0.15, 0.2) is 10.5 Å². The van der Waals surface area contributed by atoms with Gasteiger partial charge in [0.15, 0.2) is 11.6 Å². The lowest BCUT2D eigenvalue weighted by atomic mass is 10.0. The first-order valence-corrected chi connectivity index (χ1v) is 4.90. The van der Waals surface area contributed by atoms with E-state index in [1.54, 1.807) is 6.92 Å². The third-order valence-corrected chi connectivity index (χ3v) is 2.58. The van der Waals surface area contributed by atoms with Gasteiger partial charge < -0.3 is 10.8 Å². The summed E-state index contributed by atoms with van der Waals surface area (Å²) in [7, 11) is 0. The smallest absolute Gasteiger partial charge is 0.201 e. The van der Waals surface area contributed by atoms with Crippen molar-refractivity contribution < 1.29 is 13.9 Å². The Bertz CT molecular complexity index is 357. The van der Waals surface area contributed by atoms with Gasteiger partial charge in [-0.15, -0.1) is 0 Å². The van der Waals surface area contributed by atoms with Crippen molar-refractivity contribution in [3.63, 3.8) is 0 Å². The number of rotatable bonds is 2. The molecule has 0 saturated heterocycles. The van der Waals surface area contributed by atoms with E-state index in [1.807, 2.05) is 0 Å². The van der Waals surface area contributed by atoms with Crippen molar-refractivity contribution in [2.45, 2.75) is 19.4 Å². The molecule has 78 valence electrons. The van der Waals surface area contributed by atoms with Crippen molar-refractivity contribution in [1.82, 2.24) is 0 Å². The number of nitrogens with two attached hydrogens (primary N) is 1. The van der Waals surface area contributed by atoms with Crippen LogP contribution in [0.1, 0.15) is 24.9 Å². The van der Waals surface area contributed by atoms with Gasteiger partial charge in [-0.25, -0.2) is 4.39 Å². The average Bonchev–Trinajstić information content (AvgIpc) is 2.19. The lowest BCUT2D eigenvalue weighted by Gasteiger charge is -2.12. The van der Waals surface area contributed by atoms with Gasteiger partial charge in [-0.2, -0.15) is 4.39 Å². The molecule has 0 radical (unpaired) electrons. The quantitative estimate of drug-likeness (QED) is 0.808. The molecule has 0 fully saturated rings. The van der Waals surface area contributed by atoms with E-state index in [1.165, 1.54) is 6.07 Å². The van der Waals surface area contributed by atoms with E-state index in [-0.39, 0.29) is 10.0 Å². The van der Waals surface area contributed by atoms with Crippen LogP contribution in [0, 0.1) is 11.6 Å². The zero-order valence-electron chi connectivity index (χ0n) is 7.52. The maximum Gasteiger partial charge on any atom is 0.201 e. The molecule has 0 heterocycles. The van der Waals surface area contributed by atoms with Gasteiger partial charge in [0.05, 0.1) is 4.47 Å². The Labute approximate surface area is 88.9 Å². The molecular weight excluding hydrogens is 256 g/mol. The summed E-state index contributed by atoms with van der Waals surface area (Å²) in [5, 5.41) is 9.29. The molecule has 0 aliphatic heterocycles. The number of phenolic OH excluding ortho intramolecular Hbond substituents is 1. The molecule has 0 saturated carbocycles. The highest BCUT2D eigenvalue weighted by Crippen LogP contribution is 2.33. The first-order chi connectivity index (χ1) is 6.49. The Morgan fingerprint density at radius 1 is 1.50 bits per heavy atom. The zero-order valence-corrected chi connectivity index (χ0v) is 9.11. The summed E-state index contributed by atoms with van der Waals surface area (Å²) in [6, 6.07) is 0.795. The third-order valence-electron chi connectivity index (χ3n) is 2.01. The van der Waals surface area contributed by atoms with Crippen LogP contribution in [0.25, 0.3) is 0 Å². The second-order valence-electron chi connectivity index (χ2n) is 2.94. The van der Waals surface area contributed by atoms with E-state index in [0.717, 1.165) is 0 Å². The molecule has 5 heteroatoms. The molecule has 0 spiro atoms. The molecule has 0 bridgehead atoms. The summed E-state index contributed by atoms with van der Waals surface area (Å²) in [5.74, 6) is -3.08. The minimum Gasteiger partial charge on any atom is -0.505 e. The molecule has 0 amide bonds. The van der Waals surface area contributed by atoms with Crippen molar-refractivity contribution in [1.29, 1.82) is 0 Å². The maximum absolute atomic E-state index is 13.0. The summed E-state index contributed by atoms with van der Waals surface area (Å²) in [4.78, 5) is 0. The largest absolute Gasteiger partial charge is 0.505 e. The summed E-state index contributed by atoms with van der Waals surface area (Å²) in [6.07, 6.45) is 0.533. The number of benzene rings is 1. The van der Waals surface area contributed by atoms with Gasteiger partial charge in [0.2, 0.25) is 5.82 Å². The topological polar surface area (TPSA) is 46.2 Å².